The first-order chi connectivity index (χ1) is 9.81. The van der Waals surface area contributed by atoms with Gasteiger partial charge in [0.25, 0.3) is 0 Å². The molecule has 1 fully saturated rings. The van der Waals surface area contributed by atoms with Crippen molar-refractivity contribution < 1.29 is 4.42 Å². The summed E-state index contributed by atoms with van der Waals surface area (Å²) in [7, 11) is 0. The molecule has 1 aliphatic rings. The largest absolute Gasteiger partial charge is 0.460 e. The molecule has 2 aromatic rings. The van der Waals surface area contributed by atoms with E-state index in [-0.39, 0.29) is 12.4 Å². The second kappa shape index (κ2) is 8.02. The SMILES string of the molecule is Brc1ccc(-c2ccc(CNC3CCCCC3)o2)cc1.Cl. The Morgan fingerprint density at radius 3 is 2.43 bits per heavy atom. The summed E-state index contributed by atoms with van der Waals surface area (Å²) in [6, 6.07) is 13.0. The van der Waals surface area contributed by atoms with E-state index in [2.05, 4.69) is 45.5 Å². The number of benzene rings is 1. The molecule has 1 aliphatic carbocycles. The topological polar surface area (TPSA) is 25.2 Å². The minimum Gasteiger partial charge on any atom is -0.460 e. The maximum absolute atomic E-state index is 5.92. The first-order valence-corrected chi connectivity index (χ1v) is 8.18. The van der Waals surface area contributed by atoms with Crippen LogP contribution in [0.3, 0.4) is 0 Å². The van der Waals surface area contributed by atoms with Crippen LogP contribution in [0.25, 0.3) is 11.3 Å². The van der Waals surface area contributed by atoms with Crippen LogP contribution in [0, 0.1) is 0 Å². The molecule has 1 heterocycles. The summed E-state index contributed by atoms with van der Waals surface area (Å²) in [5, 5.41) is 3.61. The fourth-order valence-electron chi connectivity index (χ4n) is 2.79. The third-order valence-electron chi connectivity index (χ3n) is 3.96. The van der Waals surface area contributed by atoms with Crippen molar-refractivity contribution in [1.29, 1.82) is 0 Å². The number of hydrogen-bond donors (Lipinski definition) is 1. The molecule has 21 heavy (non-hydrogen) atoms. The van der Waals surface area contributed by atoms with E-state index in [1.165, 1.54) is 32.1 Å². The first-order valence-electron chi connectivity index (χ1n) is 7.39. The Morgan fingerprint density at radius 1 is 1.00 bits per heavy atom. The summed E-state index contributed by atoms with van der Waals surface area (Å²) >= 11 is 3.45. The Labute approximate surface area is 140 Å². The third kappa shape index (κ3) is 4.60. The molecule has 0 radical (unpaired) electrons. The van der Waals surface area contributed by atoms with Gasteiger partial charge in [0.05, 0.1) is 6.54 Å². The molecular weight excluding hydrogens is 350 g/mol. The molecule has 0 atom stereocenters. The van der Waals surface area contributed by atoms with Gasteiger partial charge in [-0.05, 0) is 37.1 Å². The number of furan rings is 1. The molecule has 0 saturated heterocycles. The van der Waals surface area contributed by atoms with Gasteiger partial charge in [0, 0.05) is 16.1 Å². The highest BCUT2D eigenvalue weighted by Crippen LogP contribution is 2.24. The maximum Gasteiger partial charge on any atom is 0.134 e. The smallest absolute Gasteiger partial charge is 0.134 e. The van der Waals surface area contributed by atoms with E-state index >= 15 is 0 Å². The van der Waals surface area contributed by atoms with Crippen LogP contribution < -0.4 is 5.32 Å². The second-order valence-electron chi connectivity index (χ2n) is 5.49. The van der Waals surface area contributed by atoms with Gasteiger partial charge in [-0.15, -0.1) is 12.4 Å². The van der Waals surface area contributed by atoms with Crippen LogP contribution in [0.15, 0.2) is 45.3 Å². The Balaban J connectivity index is 0.00000161. The highest BCUT2D eigenvalue weighted by molar-refractivity contribution is 9.10. The number of rotatable bonds is 4. The van der Waals surface area contributed by atoms with Gasteiger partial charge in [0.15, 0.2) is 0 Å². The lowest BCUT2D eigenvalue weighted by molar-refractivity contribution is 0.358. The molecule has 1 N–H and O–H groups in total. The Hall–Kier alpha value is -0.770. The zero-order valence-electron chi connectivity index (χ0n) is 12.0. The van der Waals surface area contributed by atoms with Crippen molar-refractivity contribution in [1.82, 2.24) is 5.32 Å². The predicted octanol–water partition coefficient (Wildman–Crippen LogP) is 5.55. The molecule has 114 valence electrons. The van der Waals surface area contributed by atoms with Crippen molar-refractivity contribution in [2.24, 2.45) is 0 Å². The van der Waals surface area contributed by atoms with E-state index in [1.807, 2.05) is 12.1 Å². The average Bonchev–Trinajstić information content (AvgIpc) is 2.96. The van der Waals surface area contributed by atoms with Gasteiger partial charge in [-0.3, -0.25) is 0 Å². The first kappa shape index (κ1) is 16.6. The third-order valence-corrected chi connectivity index (χ3v) is 4.49. The Kier molecular flexibility index (Phi) is 6.34. The zero-order valence-corrected chi connectivity index (χ0v) is 14.4. The van der Waals surface area contributed by atoms with Crippen molar-refractivity contribution >= 4 is 28.3 Å². The number of nitrogens with one attached hydrogen (secondary N) is 1. The van der Waals surface area contributed by atoms with Crippen molar-refractivity contribution in [2.45, 2.75) is 44.7 Å². The average molecular weight is 371 g/mol. The lowest BCUT2D eigenvalue weighted by atomic mass is 9.95. The minimum atomic E-state index is 0. The molecule has 1 saturated carbocycles. The molecule has 0 amide bonds. The van der Waals surface area contributed by atoms with Gasteiger partial charge in [0.1, 0.15) is 11.5 Å². The lowest BCUT2D eigenvalue weighted by Crippen LogP contribution is -2.30. The van der Waals surface area contributed by atoms with Crippen molar-refractivity contribution in [3.8, 4) is 11.3 Å². The summed E-state index contributed by atoms with van der Waals surface area (Å²) in [6.07, 6.45) is 6.73. The summed E-state index contributed by atoms with van der Waals surface area (Å²) < 4.78 is 7.01. The maximum atomic E-state index is 5.92. The van der Waals surface area contributed by atoms with Crippen LogP contribution >= 0.6 is 28.3 Å². The van der Waals surface area contributed by atoms with Gasteiger partial charge in [0.2, 0.25) is 0 Å². The molecule has 1 aromatic carbocycles. The van der Waals surface area contributed by atoms with Gasteiger partial charge in [-0.1, -0.05) is 47.3 Å². The van der Waals surface area contributed by atoms with Crippen LogP contribution in [0.5, 0.6) is 0 Å². The Bertz CT molecular complexity index is 546. The minimum absolute atomic E-state index is 0. The van der Waals surface area contributed by atoms with Crippen LogP contribution in [0.1, 0.15) is 37.9 Å². The van der Waals surface area contributed by atoms with Gasteiger partial charge in [-0.2, -0.15) is 0 Å². The van der Waals surface area contributed by atoms with E-state index in [0.29, 0.717) is 6.04 Å². The highest BCUT2D eigenvalue weighted by atomic mass is 79.9. The summed E-state index contributed by atoms with van der Waals surface area (Å²) in [5.74, 6) is 1.96. The van der Waals surface area contributed by atoms with Crippen molar-refractivity contribution in [2.75, 3.05) is 0 Å². The number of halogens is 2. The van der Waals surface area contributed by atoms with Crippen LogP contribution in [-0.2, 0) is 6.54 Å². The standard InChI is InChI=1S/C17H20BrNO.ClH/c18-14-8-6-13(7-9-14)17-11-10-16(20-17)12-19-15-4-2-1-3-5-15;/h6-11,15,19H,1-5,12H2;1H. The summed E-state index contributed by atoms with van der Waals surface area (Å²) in [4.78, 5) is 0. The lowest BCUT2D eigenvalue weighted by Gasteiger charge is -2.22. The summed E-state index contributed by atoms with van der Waals surface area (Å²) in [5.41, 5.74) is 1.12. The number of hydrogen-bond acceptors (Lipinski definition) is 2. The van der Waals surface area contributed by atoms with E-state index in [9.17, 15) is 0 Å². The highest BCUT2D eigenvalue weighted by Gasteiger charge is 2.13. The van der Waals surface area contributed by atoms with Crippen molar-refractivity contribution in [3.05, 3.63) is 46.6 Å². The van der Waals surface area contributed by atoms with Crippen LogP contribution in [0.2, 0.25) is 0 Å². The molecule has 0 spiro atoms. The molecule has 3 rings (SSSR count). The summed E-state index contributed by atoms with van der Waals surface area (Å²) in [6.45, 7) is 0.835. The zero-order chi connectivity index (χ0) is 13.8. The van der Waals surface area contributed by atoms with Gasteiger partial charge in [-0.25, -0.2) is 0 Å². The Morgan fingerprint density at radius 2 is 1.71 bits per heavy atom. The van der Waals surface area contributed by atoms with Crippen molar-refractivity contribution in [3.63, 3.8) is 0 Å². The molecule has 1 aromatic heterocycles. The molecule has 2 nitrogen and oxygen atoms in total. The van der Waals surface area contributed by atoms with Crippen LogP contribution in [0.4, 0.5) is 0 Å². The normalized spacial score (nSPS) is 15.7. The molecule has 0 aliphatic heterocycles. The molecule has 0 bridgehead atoms. The predicted molar refractivity (Wildman–Crippen MR) is 92.8 cm³/mol. The molecular formula is C17H21BrClNO. The molecule has 0 unspecified atom stereocenters. The fourth-order valence-corrected chi connectivity index (χ4v) is 3.06. The second-order valence-corrected chi connectivity index (χ2v) is 6.40. The van der Waals surface area contributed by atoms with E-state index < -0.39 is 0 Å². The van der Waals surface area contributed by atoms with Crippen LogP contribution in [-0.4, -0.2) is 6.04 Å². The monoisotopic (exact) mass is 369 g/mol. The van der Waals surface area contributed by atoms with E-state index in [4.69, 9.17) is 4.42 Å². The van der Waals surface area contributed by atoms with E-state index in [0.717, 1.165) is 28.1 Å². The van der Waals surface area contributed by atoms with E-state index in [1.54, 1.807) is 0 Å². The fraction of sp³-hybridized carbons (Fsp3) is 0.412. The van der Waals surface area contributed by atoms with Gasteiger partial charge >= 0.3 is 0 Å². The quantitative estimate of drug-likeness (QED) is 0.763. The molecule has 4 heteroatoms. The van der Waals surface area contributed by atoms with Gasteiger partial charge < -0.3 is 9.73 Å².